The van der Waals surface area contributed by atoms with Gasteiger partial charge in [0, 0.05) is 13.1 Å². The van der Waals surface area contributed by atoms with Crippen LogP contribution in [0, 0.1) is 0 Å². The van der Waals surface area contributed by atoms with E-state index in [2.05, 4.69) is 23.8 Å². The van der Waals surface area contributed by atoms with E-state index in [4.69, 9.17) is 11.6 Å². The summed E-state index contributed by atoms with van der Waals surface area (Å²) in [6.45, 7) is 4.13. The topological polar surface area (TPSA) is 49.0 Å². The Morgan fingerprint density at radius 1 is 1.71 bits per heavy atom. The van der Waals surface area contributed by atoms with E-state index in [0.29, 0.717) is 11.9 Å². The summed E-state index contributed by atoms with van der Waals surface area (Å²) < 4.78 is 0. The molecule has 0 saturated heterocycles. The SMILES string of the molecule is CCC(C)N(C)c1nc[nH]c(=O)c1Cl. The molecule has 0 aliphatic rings. The Kier molecular flexibility index (Phi) is 3.52. The van der Waals surface area contributed by atoms with Gasteiger partial charge in [-0.25, -0.2) is 4.98 Å². The minimum atomic E-state index is -0.299. The molecule has 0 bridgehead atoms. The number of rotatable bonds is 3. The van der Waals surface area contributed by atoms with Crippen LogP contribution in [0.5, 0.6) is 0 Å². The highest BCUT2D eigenvalue weighted by Gasteiger charge is 2.14. The maximum atomic E-state index is 11.2. The van der Waals surface area contributed by atoms with Crippen molar-refractivity contribution in [3.63, 3.8) is 0 Å². The van der Waals surface area contributed by atoms with E-state index in [9.17, 15) is 4.79 Å². The molecule has 1 rings (SSSR count). The molecule has 0 spiro atoms. The third-order valence-corrected chi connectivity index (χ3v) is 2.70. The maximum absolute atomic E-state index is 11.2. The first-order valence-corrected chi connectivity index (χ1v) is 4.91. The minimum Gasteiger partial charge on any atom is -0.356 e. The molecular weight excluding hydrogens is 202 g/mol. The second-order valence-corrected chi connectivity index (χ2v) is 3.62. The molecule has 1 atom stereocenters. The Hall–Kier alpha value is -1.03. The zero-order valence-corrected chi connectivity index (χ0v) is 9.30. The van der Waals surface area contributed by atoms with E-state index >= 15 is 0 Å². The van der Waals surface area contributed by atoms with Crippen LogP contribution in [0.25, 0.3) is 0 Å². The molecule has 0 aliphatic heterocycles. The molecule has 0 aromatic carbocycles. The zero-order valence-electron chi connectivity index (χ0n) is 8.54. The number of anilines is 1. The van der Waals surface area contributed by atoms with Crippen molar-refractivity contribution in [2.75, 3.05) is 11.9 Å². The van der Waals surface area contributed by atoms with Crippen molar-refractivity contribution in [2.45, 2.75) is 26.3 Å². The minimum absolute atomic E-state index is 0.148. The van der Waals surface area contributed by atoms with E-state index < -0.39 is 0 Å². The van der Waals surface area contributed by atoms with Gasteiger partial charge in [-0.1, -0.05) is 18.5 Å². The number of nitrogens with one attached hydrogen (secondary N) is 1. The lowest BCUT2D eigenvalue weighted by Gasteiger charge is -2.24. The molecule has 0 saturated carbocycles. The predicted octanol–water partition coefficient (Wildman–Crippen LogP) is 1.66. The number of halogens is 1. The fourth-order valence-corrected chi connectivity index (χ4v) is 1.34. The van der Waals surface area contributed by atoms with Crippen LogP contribution < -0.4 is 10.5 Å². The summed E-state index contributed by atoms with van der Waals surface area (Å²) in [5.41, 5.74) is -0.299. The Labute approximate surface area is 87.9 Å². The van der Waals surface area contributed by atoms with Crippen LogP contribution in [0.3, 0.4) is 0 Å². The van der Waals surface area contributed by atoms with E-state index in [1.807, 2.05) is 11.9 Å². The number of nitrogens with zero attached hydrogens (tertiary/aromatic N) is 2. The average molecular weight is 216 g/mol. The first-order chi connectivity index (χ1) is 6.57. The van der Waals surface area contributed by atoms with Crippen LogP contribution in [-0.2, 0) is 0 Å². The standard InChI is InChI=1S/C9H14ClN3O/c1-4-6(2)13(3)8-7(10)9(14)12-5-11-8/h5-6H,4H2,1-3H3,(H,11,12,14). The van der Waals surface area contributed by atoms with Gasteiger partial charge in [0.05, 0.1) is 6.33 Å². The lowest BCUT2D eigenvalue weighted by atomic mass is 10.2. The number of hydrogen-bond donors (Lipinski definition) is 1. The van der Waals surface area contributed by atoms with E-state index in [1.54, 1.807) is 0 Å². The number of H-pyrrole nitrogens is 1. The Morgan fingerprint density at radius 2 is 2.36 bits per heavy atom. The summed E-state index contributed by atoms with van der Waals surface area (Å²) in [6.07, 6.45) is 2.34. The fourth-order valence-electron chi connectivity index (χ4n) is 1.10. The molecule has 78 valence electrons. The van der Waals surface area contributed by atoms with Crippen LogP contribution in [0.1, 0.15) is 20.3 Å². The van der Waals surface area contributed by atoms with Crippen molar-refractivity contribution in [1.29, 1.82) is 0 Å². The fraction of sp³-hybridized carbons (Fsp3) is 0.556. The van der Waals surface area contributed by atoms with Gasteiger partial charge in [-0.05, 0) is 13.3 Å². The Morgan fingerprint density at radius 3 is 2.93 bits per heavy atom. The first-order valence-electron chi connectivity index (χ1n) is 4.54. The lowest BCUT2D eigenvalue weighted by Crippen LogP contribution is -2.30. The molecule has 5 heteroatoms. The third kappa shape index (κ3) is 2.07. The molecule has 0 amide bonds. The largest absolute Gasteiger partial charge is 0.356 e. The molecular formula is C9H14ClN3O. The van der Waals surface area contributed by atoms with Crippen molar-refractivity contribution < 1.29 is 0 Å². The van der Waals surface area contributed by atoms with Crippen LogP contribution in [0.15, 0.2) is 11.1 Å². The van der Waals surface area contributed by atoms with Crippen molar-refractivity contribution in [3.8, 4) is 0 Å². The molecule has 1 unspecified atom stereocenters. The molecule has 1 N–H and O–H groups in total. The van der Waals surface area contributed by atoms with Crippen LogP contribution >= 0.6 is 11.6 Å². The van der Waals surface area contributed by atoms with Gasteiger partial charge in [-0.3, -0.25) is 4.79 Å². The highest BCUT2D eigenvalue weighted by molar-refractivity contribution is 6.32. The average Bonchev–Trinajstić information content (AvgIpc) is 2.20. The highest BCUT2D eigenvalue weighted by atomic mass is 35.5. The van der Waals surface area contributed by atoms with Crippen molar-refractivity contribution in [1.82, 2.24) is 9.97 Å². The van der Waals surface area contributed by atoms with Gasteiger partial charge in [0.2, 0.25) is 0 Å². The highest BCUT2D eigenvalue weighted by Crippen LogP contribution is 2.19. The second kappa shape index (κ2) is 4.46. The predicted molar refractivity (Wildman–Crippen MR) is 58.0 cm³/mol. The van der Waals surface area contributed by atoms with Crippen molar-refractivity contribution >= 4 is 17.4 Å². The number of aromatic nitrogens is 2. The molecule has 4 nitrogen and oxygen atoms in total. The van der Waals surface area contributed by atoms with Gasteiger partial charge >= 0.3 is 0 Å². The molecule has 14 heavy (non-hydrogen) atoms. The summed E-state index contributed by atoms with van der Waals surface area (Å²) in [4.78, 5) is 19.6. The van der Waals surface area contributed by atoms with Gasteiger partial charge in [0.15, 0.2) is 5.82 Å². The van der Waals surface area contributed by atoms with Gasteiger partial charge in [0.25, 0.3) is 5.56 Å². The molecule has 1 aromatic heterocycles. The lowest BCUT2D eigenvalue weighted by molar-refractivity contribution is 0.655. The monoisotopic (exact) mass is 215 g/mol. The molecule has 0 radical (unpaired) electrons. The molecule has 0 fully saturated rings. The summed E-state index contributed by atoms with van der Waals surface area (Å²) in [5.74, 6) is 0.532. The first kappa shape index (κ1) is 11.0. The van der Waals surface area contributed by atoms with Crippen molar-refractivity contribution in [3.05, 3.63) is 21.7 Å². The van der Waals surface area contributed by atoms with Crippen LogP contribution in [0.2, 0.25) is 5.02 Å². The number of aromatic amines is 1. The van der Waals surface area contributed by atoms with Crippen LogP contribution in [-0.4, -0.2) is 23.1 Å². The quantitative estimate of drug-likeness (QED) is 0.834. The summed E-state index contributed by atoms with van der Waals surface area (Å²) >= 11 is 5.84. The van der Waals surface area contributed by atoms with Gasteiger partial charge in [-0.15, -0.1) is 0 Å². The molecule has 1 aromatic rings. The normalized spacial score (nSPS) is 12.6. The second-order valence-electron chi connectivity index (χ2n) is 3.24. The van der Waals surface area contributed by atoms with Crippen LogP contribution in [0.4, 0.5) is 5.82 Å². The summed E-state index contributed by atoms with van der Waals surface area (Å²) in [6, 6.07) is 0.307. The van der Waals surface area contributed by atoms with Crippen molar-refractivity contribution in [2.24, 2.45) is 0 Å². The molecule has 0 aliphatic carbocycles. The Balaban J connectivity index is 3.07. The van der Waals surface area contributed by atoms with E-state index in [1.165, 1.54) is 6.33 Å². The van der Waals surface area contributed by atoms with E-state index in [-0.39, 0.29) is 10.6 Å². The summed E-state index contributed by atoms with van der Waals surface area (Å²) in [7, 11) is 1.88. The van der Waals surface area contributed by atoms with Gasteiger partial charge in [0.1, 0.15) is 5.02 Å². The van der Waals surface area contributed by atoms with Gasteiger partial charge < -0.3 is 9.88 Å². The van der Waals surface area contributed by atoms with E-state index in [0.717, 1.165) is 6.42 Å². The summed E-state index contributed by atoms with van der Waals surface area (Å²) in [5, 5.41) is 0.148. The maximum Gasteiger partial charge on any atom is 0.271 e. The molecule has 1 heterocycles. The number of hydrogen-bond acceptors (Lipinski definition) is 3. The zero-order chi connectivity index (χ0) is 10.7. The third-order valence-electron chi connectivity index (χ3n) is 2.36. The van der Waals surface area contributed by atoms with Gasteiger partial charge in [-0.2, -0.15) is 0 Å². The Bertz CT molecular complexity index is 363. The smallest absolute Gasteiger partial charge is 0.271 e.